The van der Waals surface area contributed by atoms with Gasteiger partial charge in [-0.2, -0.15) is 9.67 Å². The average Bonchev–Trinajstić information content (AvgIpc) is 3.27. The zero-order valence-electron chi connectivity index (χ0n) is 19.7. The fourth-order valence-corrected chi connectivity index (χ4v) is 4.20. The van der Waals surface area contributed by atoms with Crippen LogP contribution in [0.25, 0.3) is 5.82 Å². The summed E-state index contributed by atoms with van der Waals surface area (Å²) in [6, 6.07) is 15.7. The summed E-state index contributed by atoms with van der Waals surface area (Å²) in [6.45, 7) is -0.224. The summed E-state index contributed by atoms with van der Waals surface area (Å²) in [4.78, 5) is 12.7. The highest BCUT2D eigenvalue weighted by Crippen LogP contribution is 2.61. The van der Waals surface area contributed by atoms with Crippen molar-refractivity contribution < 1.29 is 23.0 Å². The number of rotatable bonds is 9. The first-order chi connectivity index (χ1) is 17.3. The third kappa shape index (κ3) is 4.28. The average molecular weight is 495 g/mol. The number of hydrogen-bond acceptors (Lipinski definition) is 8. The Bertz CT molecular complexity index is 1380. The minimum Gasteiger partial charge on any atom is -0.493 e. The van der Waals surface area contributed by atoms with Crippen molar-refractivity contribution in [3.05, 3.63) is 77.9 Å². The van der Waals surface area contributed by atoms with Gasteiger partial charge in [0.25, 0.3) is 5.92 Å². The third-order valence-electron chi connectivity index (χ3n) is 6.24. The summed E-state index contributed by atoms with van der Waals surface area (Å²) in [5.41, 5.74) is 5.92. The predicted molar refractivity (Wildman–Crippen MR) is 127 cm³/mol. The molecule has 0 saturated heterocycles. The van der Waals surface area contributed by atoms with E-state index < -0.39 is 11.3 Å². The van der Waals surface area contributed by atoms with Crippen LogP contribution in [0, 0.1) is 0 Å². The van der Waals surface area contributed by atoms with Gasteiger partial charge < -0.3 is 19.9 Å². The number of methoxy groups -OCH3 is 2. The van der Waals surface area contributed by atoms with Crippen molar-refractivity contribution >= 4 is 5.95 Å². The second-order valence-electron chi connectivity index (χ2n) is 8.50. The molecule has 1 fully saturated rings. The Morgan fingerprint density at radius 3 is 2.44 bits per heavy atom. The fourth-order valence-electron chi connectivity index (χ4n) is 4.20. The van der Waals surface area contributed by atoms with E-state index in [4.69, 9.17) is 19.9 Å². The molecule has 1 unspecified atom stereocenters. The Morgan fingerprint density at radius 1 is 1.00 bits per heavy atom. The molecule has 2 aromatic heterocycles. The number of nitrogen functional groups attached to an aromatic ring is 1. The van der Waals surface area contributed by atoms with E-state index in [0.717, 1.165) is 5.56 Å². The molecule has 9 nitrogen and oxygen atoms in total. The molecule has 4 aromatic rings. The molecule has 36 heavy (non-hydrogen) atoms. The maximum atomic E-state index is 14.4. The maximum absolute atomic E-state index is 14.4. The van der Waals surface area contributed by atoms with Crippen LogP contribution in [0.1, 0.15) is 23.4 Å². The van der Waals surface area contributed by atoms with Crippen molar-refractivity contribution in [2.75, 3.05) is 26.6 Å². The summed E-state index contributed by atoms with van der Waals surface area (Å²) < 4.78 is 46.7. The van der Waals surface area contributed by atoms with E-state index in [0.29, 0.717) is 35.1 Å². The number of benzene rings is 2. The van der Waals surface area contributed by atoms with E-state index >= 15 is 0 Å². The van der Waals surface area contributed by atoms with E-state index in [2.05, 4.69) is 20.1 Å². The molecule has 2 aromatic carbocycles. The lowest BCUT2D eigenvalue weighted by molar-refractivity contribution is 0.0707. The second kappa shape index (κ2) is 9.06. The van der Waals surface area contributed by atoms with Crippen LogP contribution in [0.3, 0.4) is 0 Å². The Kier molecular flexibility index (Phi) is 5.91. The van der Waals surface area contributed by atoms with Gasteiger partial charge in [0.15, 0.2) is 17.3 Å². The molecule has 1 aliphatic rings. The van der Waals surface area contributed by atoms with Crippen molar-refractivity contribution in [3.63, 3.8) is 0 Å². The summed E-state index contributed by atoms with van der Waals surface area (Å²) in [7, 11) is 3.12. The quantitative estimate of drug-likeness (QED) is 0.376. The van der Waals surface area contributed by atoms with Crippen molar-refractivity contribution in [2.45, 2.75) is 24.2 Å². The van der Waals surface area contributed by atoms with Crippen molar-refractivity contribution in [2.24, 2.45) is 0 Å². The zero-order valence-corrected chi connectivity index (χ0v) is 19.7. The van der Waals surface area contributed by atoms with Crippen LogP contribution < -0.4 is 19.9 Å². The molecular formula is C25H24F2N6O3. The molecule has 1 atom stereocenters. The van der Waals surface area contributed by atoms with Gasteiger partial charge in [-0.05, 0) is 23.3 Å². The Hall–Kier alpha value is -4.28. The SMILES string of the molecule is COc1ccc(Cc2nc(N)nn2-c2cc(OCC3(c4ccccc4)CC3(F)F)ncn2)cc1OC. The topological polar surface area (TPSA) is 110 Å². The summed E-state index contributed by atoms with van der Waals surface area (Å²) in [6.07, 6.45) is 1.37. The zero-order chi connectivity index (χ0) is 25.3. The molecule has 2 N–H and O–H groups in total. The number of hydrogen-bond donors (Lipinski definition) is 1. The molecule has 5 rings (SSSR count). The molecule has 1 aliphatic carbocycles. The van der Waals surface area contributed by atoms with E-state index in [1.165, 1.54) is 17.1 Å². The minimum absolute atomic E-state index is 0.0622. The first-order valence-corrected chi connectivity index (χ1v) is 11.2. The molecule has 0 amide bonds. The Balaban J connectivity index is 1.38. The van der Waals surface area contributed by atoms with Gasteiger partial charge in [0.2, 0.25) is 11.8 Å². The monoisotopic (exact) mass is 494 g/mol. The van der Waals surface area contributed by atoms with Crippen LogP contribution in [-0.2, 0) is 11.8 Å². The highest BCUT2D eigenvalue weighted by atomic mass is 19.3. The van der Waals surface area contributed by atoms with Crippen LogP contribution in [0.5, 0.6) is 17.4 Å². The van der Waals surface area contributed by atoms with Crippen molar-refractivity contribution in [1.82, 2.24) is 24.7 Å². The highest BCUT2D eigenvalue weighted by molar-refractivity contribution is 5.44. The molecular weight excluding hydrogens is 470 g/mol. The number of halogens is 2. The standard InChI is InChI=1S/C25H24F2N6O3/c1-34-18-9-8-16(10-19(18)35-2)11-21-31-23(28)32-33(21)20-12-22(30-15-29-20)36-14-24(13-25(24,26)27)17-6-4-3-5-7-17/h3-10,12,15H,11,13-14H2,1-2H3,(H2,28,32). The second-order valence-corrected chi connectivity index (χ2v) is 8.50. The van der Waals surface area contributed by atoms with E-state index in [1.807, 2.05) is 12.1 Å². The number of anilines is 1. The molecule has 2 heterocycles. The number of ether oxygens (including phenoxy) is 3. The first-order valence-electron chi connectivity index (χ1n) is 11.2. The predicted octanol–water partition coefficient (Wildman–Crippen LogP) is 3.60. The summed E-state index contributed by atoms with van der Waals surface area (Å²) in [5.74, 6) is -0.603. The van der Waals surface area contributed by atoms with Gasteiger partial charge in [0.05, 0.1) is 19.6 Å². The van der Waals surface area contributed by atoms with E-state index in [-0.39, 0.29) is 24.9 Å². The lowest BCUT2D eigenvalue weighted by atomic mass is 9.96. The Labute approximate surface area is 205 Å². The normalized spacial score (nSPS) is 18.0. The van der Waals surface area contributed by atoms with Crippen molar-refractivity contribution in [3.8, 4) is 23.2 Å². The molecule has 11 heteroatoms. The minimum atomic E-state index is -2.85. The van der Waals surface area contributed by atoms with Gasteiger partial charge in [-0.25, -0.2) is 18.7 Å². The fraction of sp³-hybridized carbons (Fsp3) is 0.280. The van der Waals surface area contributed by atoms with Gasteiger partial charge in [-0.1, -0.05) is 36.4 Å². The lowest BCUT2D eigenvalue weighted by Crippen LogP contribution is -2.25. The molecule has 1 saturated carbocycles. The number of aromatic nitrogens is 5. The molecule has 186 valence electrons. The molecule has 0 bridgehead atoms. The van der Waals surface area contributed by atoms with Gasteiger partial charge >= 0.3 is 0 Å². The van der Waals surface area contributed by atoms with E-state index in [1.54, 1.807) is 50.6 Å². The summed E-state index contributed by atoms with van der Waals surface area (Å²) >= 11 is 0. The van der Waals surface area contributed by atoms with Crippen LogP contribution in [0.2, 0.25) is 0 Å². The smallest absolute Gasteiger partial charge is 0.262 e. The van der Waals surface area contributed by atoms with Gasteiger partial charge in [-0.3, -0.25) is 0 Å². The third-order valence-corrected chi connectivity index (χ3v) is 6.24. The van der Waals surface area contributed by atoms with Gasteiger partial charge in [0, 0.05) is 18.9 Å². The van der Waals surface area contributed by atoms with Gasteiger partial charge in [0.1, 0.15) is 18.8 Å². The molecule has 0 spiro atoms. The van der Waals surface area contributed by atoms with Gasteiger partial charge in [-0.15, -0.1) is 5.10 Å². The molecule has 0 radical (unpaired) electrons. The lowest BCUT2D eigenvalue weighted by Gasteiger charge is -2.17. The van der Waals surface area contributed by atoms with Crippen LogP contribution in [-0.4, -0.2) is 51.5 Å². The number of nitrogens with two attached hydrogens (primary N) is 1. The Morgan fingerprint density at radius 2 is 1.75 bits per heavy atom. The maximum Gasteiger partial charge on any atom is 0.262 e. The van der Waals surface area contributed by atoms with Crippen LogP contribution in [0.4, 0.5) is 14.7 Å². The largest absolute Gasteiger partial charge is 0.493 e. The summed E-state index contributed by atoms with van der Waals surface area (Å²) in [5, 5.41) is 4.25. The highest BCUT2D eigenvalue weighted by Gasteiger charge is 2.72. The van der Waals surface area contributed by atoms with E-state index in [9.17, 15) is 8.78 Å². The number of alkyl halides is 2. The number of nitrogens with zero attached hydrogens (tertiary/aromatic N) is 5. The molecule has 0 aliphatic heterocycles. The van der Waals surface area contributed by atoms with Crippen molar-refractivity contribution in [1.29, 1.82) is 0 Å². The van der Waals surface area contributed by atoms with Crippen LogP contribution in [0.15, 0.2) is 60.9 Å². The first kappa shape index (κ1) is 23.5. The van der Waals surface area contributed by atoms with Crippen LogP contribution >= 0.6 is 0 Å².